The Morgan fingerprint density at radius 1 is 1.19 bits per heavy atom. The number of ether oxygens (including phenoxy) is 1. The van der Waals surface area contributed by atoms with Crippen LogP contribution in [0.1, 0.15) is 32.1 Å². The Kier molecular flexibility index (Phi) is 4.76. The largest absolute Gasteiger partial charge is 0.484 e. The number of nitrogens with one attached hydrogen (secondary N) is 1. The van der Waals surface area contributed by atoms with Gasteiger partial charge >= 0.3 is 0 Å². The van der Waals surface area contributed by atoms with Crippen molar-refractivity contribution in [1.82, 2.24) is 10.2 Å². The molecule has 2 heterocycles. The molecular formula is C17H24N2O2. The molecule has 0 spiro atoms. The molecular weight excluding hydrogens is 264 g/mol. The fraction of sp³-hybridized carbons (Fsp3) is 0.588. The van der Waals surface area contributed by atoms with Crippen LogP contribution >= 0.6 is 0 Å². The minimum absolute atomic E-state index is 0.122. The summed E-state index contributed by atoms with van der Waals surface area (Å²) in [5, 5.41) is 3.55. The molecule has 0 bridgehead atoms. The highest BCUT2D eigenvalue weighted by Gasteiger charge is 2.34. The third-order valence-electron chi connectivity index (χ3n) is 4.54. The van der Waals surface area contributed by atoms with Gasteiger partial charge in [-0.2, -0.15) is 0 Å². The number of nitrogens with zero attached hydrogens (tertiary/aromatic N) is 1. The lowest BCUT2D eigenvalue weighted by atomic mass is 9.94. The number of carbonyl (C=O) groups excluding carboxylic acids is 1. The number of piperidine rings is 1. The molecule has 0 aromatic heterocycles. The van der Waals surface area contributed by atoms with Gasteiger partial charge in [-0.15, -0.1) is 0 Å². The summed E-state index contributed by atoms with van der Waals surface area (Å²) in [7, 11) is 0. The SMILES string of the molecule is O=C(COc1ccccc1)N1CCCCC1C1CCCN1. The summed E-state index contributed by atoms with van der Waals surface area (Å²) < 4.78 is 5.62. The van der Waals surface area contributed by atoms with Crippen LogP contribution in [0.2, 0.25) is 0 Å². The summed E-state index contributed by atoms with van der Waals surface area (Å²) in [6.07, 6.45) is 5.87. The van der Waals surface area contributed by atoms with E-state index in [0.717, 1.165) is 31.7 Å². The zero-order chi connectivity index (χ0) is 14.5. The van der Waals surface area contributed by atoms with E-state index in [1.807, 2.05) is 30.3 Å². The van der Waals surface area contributed by atoms with Crippen LogP contribution in [0.4, 0.5) is 0 Å². The molecule has 1 amide bonds. The second-order valence-corrected chi connectivity index (χ2v) is 5.95. The van der Waals surface area contributed by atoms with E-state index in [1.165, 1.54) is 19.3 Å². The molecule has 2 aliphatic rings. The molecule has 0 saturated carbocycles. The molecule has 3 rings (SSSR count). The first-order chi connectivity index (χ1) is 10.3. The normalized spacial score (nSPS) is 25.8. The average molecular weight is 288 g/mol. The first-order valence-corrected chi connectivity index (χ1v) is 8.05. The zero-order valence-corrected chi connectivity index (χ0v) is 12.5. The molecule has 4 nitrogen and oxygen atoms in total. The van der Waals surface area contributed by atoms with Gasteiger partial charge in [-0.1, -0.05) is 18.2 Å². The second-order valence-electron chi connectivity index (χ2n) is 5.95. The number of hydrogen-bond acceptors (Lipinski definition) is 3. The molecule has 114 valence electrons. The second kappa shape index (κ2) is 6.94. The van der Waals surface area contributed by atoms with E-state index in [-0.39, 0.29) is 12.5 Å². The maximum atomic E-state index is 12.5. The van der Waals surface area contributed by atoms with Gasteiger partial charge in [-0.05, 0) is 50.8 Å². The summed E-state index contributed by atoms with van der Waals surface area (Å²) in [4.78, 5) is 14.6. The fourth-order valence-electron chi connectivity index (χ4n) is 3.47. The minimum Gasteiger partial charge on any atom is -0.484 e. The molecule has 1 aromatic rings. The van der Waals surface area contributed by atoms with Crippen molar-refractivity contribution >= 4 is 5.91 Å². The van der Waals surface area contributed by atoms with Crippen molar-refractivity contribution in [2.75, 3.05) is 19.7 Å². The molecule has 4 heteroatoms. The maximum Gasteiger partial charge on any atom is 0.260 e. The molecule has 1 N–H and O–H groups in total. The molecule has 2 fully saturated rings. The number of benzene rings is 1. The van der Waals surface area contributed by atoms with Crippen LogP contribution in [0.25, 0.3) is 0 Å². The van der Waals surface area contributed by atoms with Crippen LogP contribution in [-0.4, -0.2) is 42.6 Å². The van der Waals surface area contributed by atoms with Gasteiger partial charge in [-0.25, -0.2) is 0 Å². The van der Waals surface area contributed by atoms with Gasteiger partial charge in [0.25, 0.3) is 5.91 Å². The van der Waals surface area contributed by atoms with E-state index >= 15 is 0 Å². The molecule has 2 aliphatic heterocycles. The summed E-state index contributed by atoms with van der Waals surface area (Å²) in [6, 6.07) is 10.4. The lowest BCUT2D eigenvalue weighted by Crippen LogP contribution is -2.53. The van der Waals surface area contributed by atoms with Crippen molar-refractivity contribution < 1.29 is 9.53 Å². The summed E-state index contributed by atoms with van der Waals surface area (Å²) in [5.41, 5.74) is 0. The van der Waals surface area contributed by atoms with Crippen LogP contribution < -0.4 is 10.1 Å². The van der Waals surface area contributed by atoms with E-state index in [2.05, 4.69) is 10.2 Å². The van der Waals surface area contributed by atoms with Gasteiger partial charge in [0.1, 0.15) is 5.75 Å². The van der Waals surface area contributed by atoms with Crippen LogP contribution in [0.15, 0.2) is 30.3 Å². The Hall–Kier alpha value is -1.55. The van der Waals surface area contributed by atoms with E-state index in [4.69, 9.17) is 4.74 Å². The van der Waals surface area contributed by atoms with Gasteiger partial charge in [-0.3, -0.25) is 4.79 Å². The topological polar surface area (TPSA) is 41.6 Å². The van der Waals surface area contributed by atoms with E-state index in [0.29, 0.717) is 12.1 Å². The summed E-state index contributed by atoms with van der Waals surface area (Å²) >= 11 is 0. The quantitative estimate of drug-likeness (QED) is 0.923. The van der Waals surface area contributed by atoms with Crippen molar-refractivity contribution in [1.29, 1.82) is 0 Å². The highest BCUT2D eigenvalue weighted by atomic mass is 16.5. The molecule has 0 radical (unpaired) electrons. The standard InChI is InChI=1S/C17H24N2O2/c20-17(13-21-14-7-2-1-3-8-14)19-12-5-4-10-16(19)15-9-6-11-18-15/h1-3,7-8,15-16,18H,4-6,9-13H2. The summed E-state index contributed by atoms with van der Waals surface area (Å²) in [6.45, 7) is 2.11. The lowest BCUT2D eigenvalue weighted by molar-refractivity contribution is -0.137. The zero-order valence-electron chi connectivity index (χ0n) is 12.5. The highest BCUT2D eigenvalue weighted by molar-refractivity contribution is 5.78. The Morgan fingerprint density at radius 2 is 2.05 bits per heavy atom. The van der Waals surface area contributed by atoms with E-state index < -0.39 is 0 Å². The molecule has 2 atom stereocenters. The molecule has 0 aliphatic carbocycles. The first kappa shape index (κ1) is 14.4. The molecule has 1 aromatic carbocycles. The Balaban J connectivity index is 1.58. The predicted molar refractivity (Wildman–Crippen MR) is 82.3 cm³/mol. The average Bonchev–Trinajstić information content (AvgIpc) is 3.08. The third-order valence-corrected chi connectivity index (χ3v) is 4.54. The van der Waals surface area contributed by atoms with Gasteiger partial charge in [0.2, 0.25) is 0 Å². The Labute approximate surface area is 126 Å². The fourth-order valence-corrected chi connectivity index (χ4v) is 3.47. The van der Waals surface area contributed by atoms with Crippen LogP contribution in [0.5, 0.6) is 5.75 Å². The number of rotatable bonds is 4. The summed E-state index contributed by atoms with van der Waals surface area (Å²) in [5.74, 6) is 0.885. The van der Waals surface area contributed by atoms with Crippen molar-refractivity contribution in [3.63, 3.8) is 0 Å². The van der Waals surface area contributed by atoms with Crippen molar-refractivity contribution in [3.05, 3.63) is 30.3 Å². The Morgan fingerprint density at radius 3 is 2.81 bits per heavy atom. The lowest BCUT2D eigenvalue weighted by Gasteiger charge is -2.39. The minimum atomic E-state index is 0.122. The van der Waals surface area contributed by atoms with Crippen molar-refractivity contribution in [2.24, 2.45) is 0 Å². The van der Waals surface area contributed by atoms with E-state index in [9.17, 15) is 4.79 Å². The monoisotopic (exact) mass is 288 g/mol. The van der Waals surface area contributed by atoms with Crippen molar-refractivity contribution in [2.45, 2.75) is 44.2 Å². The highest BCUT2D eigenvalue weighted by Crippen LogP contribution is 2.24. The predicted octanol–water partition coefficient (Wildman–Crippen LogP) is 2.20. The van der Waals surface area contributed by atoms with E-state index in [1.54, 1.807) is 0 Å². The van der Waals surface area contributed by atoms with Gasteiger partial charge in [0.05, 0.1) is 0 Å². The first-order valence-electron chi connectivity index (χ1n) is 8.05. The number of likely N-dealkylation sites (tertiary alicyclic amines) is 1. The van der Waals surface area contributed by atoms with Gasteiger partial charge < -0.3 is 15.0 Å². The van der Waals surface area contributed by atoms with Gasteiger partial charge in [0, 0.05) is 18.6 Å². The molecule has 2 unspecified atom stereocenters. The van der Waals surface area contributed by atoms with Crippen molar-refractivity contribution in [3.8, 4) is 5.75 Å². The number of hydrogen-bond donors (Lipinski definition) is 1. The number of carbonyl (C=O) groups is 1. The maximum absolute atomic E-state index is 12.5. The number of para-hydroxylation sites is 1. The third kappa shape index (κ3) is 3.56. The van der Waals surface area contributed by atoms with Gasteiger partial charge in [0.15, 0.2) is 6.61 Å². The molecule has 2 saturated heterocycles. The molecule has 21 heavy (non-hydrogen) atoms. The Bertz CT molecular complexity index is 457. The smallest absolute Gasteiger partial charge is 0.260 e. The van der Waals surface area contributed by atoms with Crippen LogP contribution in [-0.2, 0) is 4.79 Å². The number of amides is 1. The van der Waals surface area contributed by atoms with Crippen LogP contribution in [0, 0.1) is 0 Å². The van der Waals surface area contributed by atoms with Crippen LogP contribution in [0.3, 0.4) is 0 Å².